The molecule has 4 aliphatic carbocycles. The number of amides is 2. The Hall–Kier alpha value is -1.49. The second-order valence-electron chi connectivity index (χ2n) is 9.54. The second kappa shape index (κ2) is 7.74. The minimum atomic E-state index is 0.0135. The number of hydrogen-bond donors (Lipinski definition) is 1. The average Bonchev–Trinajstić information content (AvgIpc) is 2.64. The summed E-state index contributed by atoms with van der Waals surface area (Å²) in [6.07, 6.45) is 7.64. The van der Waals surface area contributed by atoms with E-state index in [2.05, 4.69) is 5.32 Å². The van der Waals surface area contributed by atoms with Crippen molar-refractivity contribution in [2.45, 2.75) is 68.8 Å². The molecule has 4 aliphatic rings. The maximum atomic E-state index is 12.8. The number of thioether (sulfide) groups is 1. The molecule has 0 spiro atoms. The first-order valence-electron chi connectivity index (χ1n) is 10.7. The Labute approximate surface area is 172 Å². The first-order chi connectivity index (χ1) is 13.3. The molecule has 4 saturated carbocycles. The summed E-state index contributed by atoms with van der Waals surface area (Å²) in [5.41, 5.74) is 0.742. The molecule has 1 aromatic carbocycles. The highest BCUT2D eigenvalue weighted by atomic mass is 32.2. The fraction of sp³-hybridized carbons (Fsp3) is 0.652. The Kier molecular flexibility index (Phi) is 5.47. The predicted octanol–water partition coefficient (Wildman–Crippen LogP) is 4.34. The van der Waals surface area contributed by atoms with Gasteiger partial charge in [-0.1, -0.05) is 12.1 Å². The molecule has 1 aromatic rings. The van der Waals surface area contributed by atoms with E-state index in [1.807, 2.05) is 45.2 Å². The lowest BCUT2D eigenvalue weighted by atomic mass is 9.53. The summed E-state index contributed by atoms with van der Waals surface area (Å²) in [7, 11) is 1.83. The van der Waals surface area contributed by atoms with Crippen LogP contribution in [0, 0.1) is 17.8 Å². The van der Waals surface area contributed by atoms with Gasteiger partial charge in [0.25, 0.3) is 5.91 Å². The van der Waals surface area contributed by atoms with E-state index in [0.717, 1.165) is 22.6 Å². The first-order valence-corrected chi connectivity index (χ1v) is 11.6. The maximum absolute atomic E-state index is 12.8. The Morgan fingerprint density at radius 3 is 2.25 bits per heavy atom. The molecule has 4 fully saturated rings. The van der Waals surface area contributed by atoms with Crippen LogP contribution in [-0.2, 0) is 4.79 Å². The fourth-order valence-corrected chi connectivity index (χ4v) is 6.78. The van der Waals surface area contributed by atoms with Crippen molar-refractivity contribution < 1.29 is 9.59 Å². The lowest BCUT2D eigenvalue weighted by Crippen LogP contribution is -2.60. The average molecular weight is 401 g/mol. The zero-order chi connectivity index (χ0) is 19.9. The van der Waals surface area contributed by atoms with E-state index in [0.29, 0.717) is 11.3 Å². The lowest BCUT2D eigenvalue weighted by molar-refractivity contribution is -0.124. The van der Waals surface area contributed by atoms with Crippen LogP contribution in [0.4, 0.5) is 0 Å². The quantitative estimate of drug-likeness (QED) is 0.723. The topological polar surface area (TPSA) is 49.4 Å². The van der Waals surface area contributed by atoms with E-state index in [9.17, 15) is 9.59 Å². The van der Waals surface area contributed by atoms with Crippen molar-refractivity contribution in [1.29, 1.82) is 0 Å². The van der Waals surface area contributed by atoms with Gasteiger partial charge < -0.3 is 10.2 Å². The summed E-state index contributed by atoms with van der Waals surface area (Å²) < 4.78 is 0. The lowest BCUT2D eigenvalue weighted by Gasteiger charge is -2.56. The number of carbonyl (C=O) groups is 2. The highest BCUT2D eigenvalue weighted by molar-refractivity contribution is 8.00. The molecule has 0 heterocycles. The standard InChI is InChI=1S/C23H32N2O2S/c1-15(2)25(3)22(27)19-6-4-5-7-20(19)28-14-21(26)24-23-11-16-8-17(12-23)10-18(9-16)13-23/h4-7,15-18H,8-14H2,1-3H3,(H,24,26). The Morgan fingerprint density at radius 1 is 1.11 bits per heavy atom. The van der Waals surface area contributed by atoms with Crippen LogP contribution in [0.3, 0.4) is 0 Å². The van der Waals surface area contributed by atoms with Crippen molar-refractivity contribution in [3.8, 4) is 0 Å². The molecule has 152 valence electrons. The van der Waals surface area contributed by atoms with Gasteiger partial charge in [0.15, 0.2) is 0 Å². The molecule has 5 rings (SSSR count). The van der Waals surface area contributed by atoms with E-state index in [1.54, 1.807) is 4.90 Å². The van der Waals surface area contributed by atoms with E-state index in [1.165, 1.54) is 50.3 Å². The molecule has 5 heteroatoms. The predicted molar refractivity (Wildman–Crippen MR) is 113 cm³/mol. The van der Waals surface area contributed by atoms with Gasteiger partial charge in [0, 0.05) is 23.5 Å². The third-order valence-corrected chi connectivity index (χ3v) is 8.09. The van der Waals surface area contributed by atoms with Crippen molar-refractivity contribution >= 4 is 23.6 Å². The van der Waals surface area contributed by atoms with Crippen molar-refractivity contribution in [2.24, 2.45) is 17.8 Å². The summed E-state index contributed by atoms with van der Waals surface area (Å²) >= 11 is 1.48. The molecule has 0 unspecified atom stereocenters. The number of benzene rings is 1. The molecule has 2 amide bonds. The summed E-state index contributed by atoms with van der Waals surface area (Å²) in [6, 6.07) is 7.78. The summed E-state index contributed by atoms with van der Waals surface area (Å²) in [6.45, 7) is 4.01. The van der Waals surface area contributed by atoms with Crippen LogP contribution in [0.1, 0.15) is 62.7 Å². The number of rotatable bonds is 6. The highest BCUT2D eigenvalue weighted by Crippen LogP contribution is 2.55. The normalized spacial score (nSPS) is 30.5. The van der Waals surface area contributed by atoms with Gasteiger partial charge in [0.05, 0.1) is 11.3 Å². The molecule has 4 bridgehead atoms. The van der Waals surface area contributed by atoms with E-state index < -0.39 is 0 Å². The van der Waals surface area contributed by atoms with Crippen molar-refractivity contribution in [3.63, 3.8) is 0 Å². The van der Waals surface area contributed by atoms with E-state index in [4.69, 9.17) is 0 Å². The van der Waals surface area contributed by atoms with Crippen LogP contribution in [-0.4, -0.2) is 41.1 Å². The molecule has 0 aliphatic heterocycles. The first kappa shape index (κ1) is 19.8. The number of carbonyl (C=O) groups excluding carboxylic acids is 2. The largest absolute Gasteiger partial charge is 0.350 e. The van der Waals surface area contributed by atoms with Gasteiger partial charge in [0.1, 0.15) is 0 Å². The van der Waals surface area contributed by atoms with Gasteiger partial charge in [-0.2, -0.15) is 0 Å². The molecule has 1 N–H and O–H groups in total. The van der Waals surface area contributed by atoms with Crippen LogP contribution < -0.4 is 5.32 Å². The van der Waals surface area contributed by atoms with Crippen LogP contribution in [0.2, 0.25) is 0 Å². The zero-order valence-electron chi connectivity index (χ0n) is 17.2. The fourth-order valence-electron chi connectivity index (χ4n) is 5.93. The summed E-state index contributed by atoms with van der Waals surface area (Å²) in [5.74, 6) is 2.97. The van der Waals surface area contributed by atoms with Crippen LogP contribution >= 0.6 is 11.8 Å². The molecule has 0 saturated heterocycles. The van der Waals surface area contributed by atoms with Crippen LogP contribution in [0.5, 0.6) is 0 Å². The van der Waals surface area contributed by atoms with Gasteiger partial charge in [-0.3, -0.25) is 9.59 Å². The van der Waals surface area contributed by atoms with Gasteiger partial charge in [-0.15, -0.1) is 11.8 Å². The van der Waals surface area contributed by atoms with Crippen molar-refractivity contribution in [1.82, 2.24) is 10.2 Å². The van der Waals surface area contributed by atoms with Gasteiger partial charge in [-0.05, 0) is 82.3 Å². The Bertz CT molecular complexity index is 725. The molecular formula is C23H32N2O2S. The number of nitrogens with one attached hydrogen (secondary N) is 1. The summed E-state index contributed by atoms with van der Waals surface area (Å²) in [4.78, 5) is 28.2. The molecule has 4 nitrogen and oxygen atoms in total. The van der Waals surface area contributed by atoms with Crippen molar-refractivity contribution in [2.75, 3.05) is 12.8 Å². The van der Waals surface area contributed by atoms with E-state index >= 15 is 0 Å². The zero-order valence-corrected chi connectivity index (χ0v) is 18.1. The monoisotopic (exact) mass is 400 g/mol. The van der Waals surface area contributed by atoms with Crippen LogP contribution in [0.25, 0.3) is 0 Å². The van der Waals surface area contributed by atoms with Gasteiger partial charge in [0.2, 0.25) is 5.91 Å². The second-order valence-corrected chi connectivity index (χ2v) is 10.6. The minimum absolute atomic E-state index is 0.0135. The highest BCUT2D eigenvalue weighted by Gasteiger charge is 2.51. The summed E-state index contributed by atoms with van der Waals surface area (Å²) in [5, 5.41) is 3.43. The maximum Gasteiger partial charge on any atom is 0.254 e. The number of hydrogen-bond acceptors (Lipinski definition) is 3. The molecular weight excluding hydrogens is 368 g/mol. The van der Waals surface area contributed by atoms with Crippen LogP contribution in [0.15, 0.2) is 29.2 Å². The smallest absolute Gasteiger partial charge is 0.254 e. The minimum Gasteiger partial charge on any atom is -0.350 e. The van der Waals surface area contributed by atoms with E-state index in [-0.39, 0.29) is 23.4 Å². The van der Waals surface area contributed by atoms with Gasteiger partial charge in [-0.25, -0.2) is 0 Å². The Morgan fingerprint density at radius 2 is 1.68 bits per heavy atom. The molecule has 28 heavy (non-hydrogen) atoms. The SMILES string of the molecule is CC(C)N(C)C(=O)c1ccccc1SCC(=O)NC12CC3CC(CC(C3)C1)C2. The molecule has 0 aromatic heterocycles. The van der Waals surface area contributed by atoms with Gasteiger partial charge >= 0.3 is 0 Å². The number of nitrogens with zero attached hydrogens (tertiary/aromatic N) is 1. The Balaban J connectivity index is 1.39. The third-order valence-electron chi connectivity index (χ3n) is 7.01. The molecule has 0 radical (unpaired) electrons. The third kappa shape index (κ3) is 3.96. The molecule has 0 atom stereocenters. The van der Waals surface area contributed by atoms with Crippen molar-refractivity contribution in [3.05, 3.63) is 29.8 Å².